The zero-order chi connectivity index (χ0) is 15.4. The Labute approximate surface area is 137 Å². The highest BCUT2D eigenvalue weighted by molar-refractivity contribution is 9.10. The molecule has 0 radical (unpaired) electrons. The van der Waals surface area contributed by atoms with Gasteiger partial charge in [0.2, 0.25) is 0 Å². The van der Waals surface area contributed by atoms with E-state index in [1.165, 1.54) is 10.9 Å². The summed E-state index contributed by atoms with van der Waals surface area (Å²) < 4.78 is 15.0. The standard InChI is InChI=1S/C16H20BrFN2S/c1-11(2)20(10-13-4-3-7-21-13)16(9-19)14-6-5-12(17)8-15(14)18/h3-8,11,16H,9-10,19H2,1-2H3. The molecule has 114 valence electrons. The van der Waals surface area contributed by atoms with E-state index in [1.54, 1.807) is 11.3 Å². The summed E-state index contributed by atoms with van der Waals surface area (Å²) in [6.07, 6.45) is 0. The topological polar surface area (TPSA) is 29.3 Å². The van der Waals surface area contributed by atoms with Crippen LogP contribution in [0.1, 0.15) is 30.3 Å². The van der Waals surface area contributed by atoms with Gasteiger partial charge in [-0.05, 0) is 37.4 Å². The van der Waals surface area contributed by atoms with Crippen molar-refractivity contribution in [2.45, 2.75) is 32.5 Å². The molecule has 0 saturated heterocycles. The van der Waals surface area contributed by atoms with E-state index in [2.05, 4.69) is 46.1 Å². The molecule has 0 amide bonds. The smallest absolute Gasteiger partial charge is 0.129 e. The molecule has 2 nitrogen and oxygen atoms in total. The lowest BCUT2D eigenvalue weighted by atomic mass is 10.0. The zero-order valence-corrected chi connectivity index (χ0v) is 14.6. The Balaban J connectivity index is 2.31. The highest BCUT2D eigenvalue weighted by atomic mass is 79.9. The van der Waals surface area contributed by atoms with Crippen LogP contribution in [0, 0.1) is 5.82 Å². The third kappa shape index (κ3) is 4.13. The molecular formula is C16H20BrFN2S. The number of benzene rings is 1. The quantitative estimate of drug-likeness (QED) is 0.807. The highest BCUT2D eigenvalue weighted by Crippen LogP contribution is 2.29. The molecule has 2 N–H and O–H groups in total. The predicted molar refractivity (Wildman–Crippen MR) is 90.9 cm³/mol. The second-order valence-electron chi connectivity index (χ2n) is 5.26. The van der Waals surface area contributed by atoms with Gasteiger partial charge in [-0.25, -0.2) is 4.39 Å². The van der Waals surface area contributed by atoms with Crippen LogP contribution in [-0.2, 0) is 6.54 Å². The minimum absolute atomic E-state index is 0.125. The summed E-state index contributed by atoms with van der Waals surface area (Å²) in [6, 6.07) is 9.48. The Bertz CT molecular complexity index is 572. The lowest BCUT2D eigenvalue weighted by Crippen LogP contribution is -2.38. The van der Waals surface area contributed by atoms with Crippen LogP contribution < -0.4 is 5.73 Å². The van der Waals surface area contributed by atoms with Crippen molar-refractivity contribution < 1.29 is 4.39 Å². The SMILES string of the molecule is CC(C)N(Cc1cccs1)C(CN)c1ccc(Br)cc1F. The van der Waals surface area contributed by atoms with Crippen LogP contribution in [0.2, 0.25) is 0 Å². The van der Waals surface area contributed by atoms with Crippen molar-refractivity contribution in [3.63, 3.8) is 0 Å². The normalized spacial score (nSPS) is 13.1. The second kappa shape index (κ2) is 7.49. The van der Waals surface area contributed by atoms with Crippen molar-refractivity contribution in [2.24, 2.45) is 5.73 Å². The summed E-state index contributed by atoms with van der Waals surface area (Å²) in [6.45, 7) is 5.41. The van der Waals surface area contributed by atoms with Crippen LogP contribution in [0.5, 0.6) is 0 Å². The molecule has 0 fully saturated rings. The van der Waals surface area contributed by atoms with E-state index in [9.17, 15) is 4.39 Å². The van der Waals surface area contributed by atoms with Crippen molar-refractivity contribution in [1.82, 2.24) is 4.90 Å². The summed E-state index contributed by atoms with van der Waals surface area (Å²) in [5.74, 6) is -0.211. The summed E-state index contributed by atoms with van der Waals surface area (Å²) in [5.41, 5.74) is 6.62. The van der Waals surface area contributed by atoms with Crippen LogP contribution in [0.4, 0.5) is 4.39 Å². The largest absolute Gasteiger partial charge is 0.329 e. The summed E-state index contributed by atoms with van der Waals surface area (Å²) in [4.78, 5) is 3.51. The third-order valence-corrected chi connectivity index (χ3v) is 4.88. The summed E-state index contributed by atoms with van der Waals surface area (Å²) >= 11 is 5.01. The number of thiophene rings is 1. The Morgan fingerprint density at radius 2 is 2.10 bits per heavy atom. The van der Waals surface area contributed by atoms with Crippen molar-refractivity contribution in [3.05, 3.63) is 56.4 Å². The molecule has 0 saturated carbocycles. The lowest BCUT2D eigenvalue weighted by molar-refractivity contribution is 0.146. The fourth-order valence-corrected chi connectivity index (χ4v) is 3.49. The van der Waals surface area contributed by atoms with Gasteiger partial charge in [-0.2, -0.15) is 0 Å². The third-order valence-electron chi connectivity index (χ3n) is 3.53. The summed E-state index contributed by atoms with van der Waals surface area (Å²) in [5, 5.41) is 2.06. The minimum Gasteiger partial charge on any atom is -0.329 e. The molecule has 0 spiro atoms. The molecule has 2 aromatic rings. The van der Waals surface area contributed by atoms with E-state index >= 15 is 0 Å². The number of rotatable bonds is 6. The maximum absolute atomic E-state index is 14.3. The van der Waals surface area contributed by atoms with Crippen LogP contribution in [0.15, 0.2) is 40.2 Å². The molecule has 2 rings (SSSR count). The predicted octanol–water partition coefficient (Wildman–Crippen LogP) is 4.56. The Hall–Kier alpha value is -0.750. The van der Waals surface area contributed by atoms with Crippen molar-refractivity contribution in [3.8, 4) is 0 Å². The van der Waals surface area contributed by atoms with Gasteiger partial charge in [0.25, 0.3) is 0 Å². The fraction of sp³-hybridized carbons (Fsp3) is 0.375. The Morgan fingerprint density at radius 1 is 1.33 bits per heavy atom. The number of hydrogen-bond donors (Lipinski definition) is 1. The van der Waals surface area contributed by atoms with Crippen LogP contribution in [0.3, 0.4) is 0 Å². The lowest BCUT2D eigenvalue weighted by Gasteiger charge is -2.34. The van der Waals surface area contributed by atoms with Crippen molar-refractivity contribution in [1.29, 1.82) is 0 Å². The molecule has 0 aliphatic rings. The molecule has 0 aliphatic heterocycles. The Kier molecular flexibility index (Phi) is 5.93. The number of nitrogens with two attached hydrogens (primary N) is 1. The van der Waals surface area contributed by atoms with Gasteiger partial charge in [0.05, 0.1) is 6.04 Å². The van der Waals surface area contributed by atoms with Crippen LogP contribution >= 0.6 is 27.3 Å². The van der Waals surface area contributed by atoms with Gasteiger partial charge < -0.3 is 5.73 Å². The molecule has 21 heavy (non-hydrogen) atoms. The first kappa shape index (κ1) is 16.6. The summed E-state index contributed by atoms with van der Waals surface area (Å²) in [7, 11) is 0. The van der Waals surface area contributed by atoms with E-state index in [0.717, 1.165) is 11.0 Å². The number of nitrogens with zero attached hydrogens (tertiary/aromatic N) is 1. The van der Waals surface area contributed by atoms with E-state index in [0.29, 0.717) is 12.1 Å². The average molecular weight is 371 g/mol. The van der Waals surface area contributed by atoms with E-state index < -0.39 is 0 Å². The van der Waals surface area contributed by atoms with Gasteiger partial charge in [0.15, 0.2) is 0 Å². The van der Waals surface area contributed by atoms with Gasteiger partial charge >= 0.3 is 0 Å². The minimum atomic E-state index is -0.211. The van der Waals surface area contributed by atoms with Crippen LogP contribution in [-0.4, -0.2) is 17.5 Å². The van der Waals surface area contributed by atoms with E-state index in [-0.39, 0.29) is 17.9 Å². The fourth-order valence-electron chi connectivity index (χ4n) is 2.45. The second-order valence-corrected chi connectivity index (χ2v) is 7.21. The molecule has 1 unspecified atom stereocenters. The first-order valence-electron chi connectivity index (χ1n) is 6.96. The molecule has 1 aromatic heterocycles. The molecule has 1 heterocycles. The first-order valence-corrected chi connectivity index (χ1v) is 8.63. The van der Waals surface area contributed by atoms with Crippen molar-refractivity contribution in [2.75, 3.05) is 6.54 Å². The first-order chi connectivity index (χ1) is 10.0. The van der Waals surface area contributed by atoms with Gasteiger partial charge in [-0.3, -0.25) is 4.90 Å². The number of hydrogen-bond acceptors (Lipinski definition) is 3. The van der Waals surface area contributed by atoms with Gasteiger partial charge in [-0.1, -0.05) is 28.1 Å². The van der Waals surface area contributed by atoms with E-state index in [4.69, 9.17) is 5.73 Å². The molecule has 5 heteroatoms. The number of halogens is 2. The monoisotopic (exact) mass is 370 g/mol. The Morgan fingerprint density at radius 3 is 2.62 bits per heavy atom. The van der Waals surface area contributed by atoms with Crippen LogP contribution in [0.25, 0.3) is 0 Å². The average Bonchev–Trinajstić information content (AvgIpc) is 2.93. The maximum atomic E-state index is 14.3. The van der Waals surface area contributed by atoms with Gasteiger partial charge in [0, 0.05) is 34.0 Å². The zero-order valence-electron chi connectivity index (χ0n) is 12.2. The van der Waals surface area contributed by atoms with Crippen molar-refractivity contribution >= 4 is 27.3 Å². The molecule has 1 atom stereocenters. The van der Waals surface area contributed by atoms with Gasteiger partial charge in [0.1, 0.15) is 5.82 Å². The molecule has 0 bridgehead atoms. The molecule has 1 aromatic carbocycles. The van der Waals surface area contributed by atoms with E-state index in [1.807, 2.05) is 18.2 Å². The van der Waals surface area contributed by atoms with Gasteiger partial charge in [-0.15, -0.1) is 11.3 Å². The molecule has 0 aliphatic carbocycles. The highest BCUT2D eigenvalue weighted by Gasteiger charge is 2.24. The maximum Gasteiger partial charge on any atom is 0.129 e. The molecular weight excluding hydrogens is 351 g/mol.